The van der Waals surface area contributed by atoms with E-state index in [-0.39, 0.29) is 11.3 Å². The second-order valence-corrected chi connectivity index (χ2v) is 4.27. The molecule has 0 saturated heterocycles. The number of hydrogen-bond acceptors (Lipinski definition) is 2. The van der Waals surface area contributed by atoms with Gasteiger partial charge in [0.1, 0.15) is 5.60 Å². The summed E-state index contributed by atoms with van der Waals surface area (Å²) in [5, 5.41) is 9.39. The van der Waals surface area contributed by atoms with Crippen molar-refractivity contribution in [3.8, 4) is 0 Å². The monoisotopic (exact) mass is 215 g/mol. The molecule has 0 saturated carbocycles. The smallest absolute Gasteiger partial charge is 0.300 e. The van der Waals surface area contributed by atoms with Gasteiger partial charge in [-0.25, -0.2) is 0 Å². The summed E-state index contributed by atoms with van der Waals surface area (Å²) in [6.07, 6.45) is 0. The third-order valence-electron chi connectivity index (χ3n) is 2.23. The molecule has 0 aliphatic rings. The molecule has 84 valence electrons. The summed E-state index contributed by atoms with van der Waals surface area (Å²) >= 11 is 0. The van der Waals surface area contributed by atoms with Gasteiger partial charge in [-0.1, -0.05) is 0 Å². The molecule has 0 heterocycles. The van der Waals surface area contributed by atoms with Crippen molar-refractivity contribution in [1.82, 2.24) is 0 Å². The van der Waals surface area contributed by atoms with Crippen LogP contribution in [0.15, 0.2) is 18.2 Å². The molecule has 0 radical (unpaired) electrons. The van der Waals surface area contributed by atoms with Crippen LogP contribution in [0.2, 0.25) is 0 Å². The summed E-state index contributed by atoms with van der Waals surface area (Å²) in [5.74, 6) is -3.31. The van der Waals surface area contributed by atoms with Crippen LogP contribution in [0.3, 0.4) is 0 Å². The van der Waals surface area contributed by atoms with Crippen LogP contribution in [0, 0.1) is 6.92 Å². The van der Waals surface area contributed by atoms with Crippen molar-refractivity contribution < 1.29 is 13.9 Å². The summed E-state index contributed by atoms with van der Waals surface area (Å²) in [6.45, 7) is 3.83. The third kappa shape index (κ3) is 2.26. The van der Waals surface area contributed by atoms with Crippen LogP contribution in [-0.2, 0) is 5.92 Å². The van der Waals surface area contributed by atoms with E-state index in [9.17, 15) is 13.9 Å². The SMILES string of the molecule is Cc1cc(N)cc(C(F)(F)C(C)(C)O)c1. The van der Waals surface area contributed by atoms with Crippen molar-refractivity contribution in [3.05, 3.63) is 29.3 Å². The lowest BCUT2D eigenvalue weighted by atomic mass is 9.92. The van der Waals surface area contributed by atoms with Gasteiger partial charge in [-0.15, -0.1) is 0 Å². The molecule has 0 amide bonds. The predicted molar refractivity (Wildman–Crippen MR) is 55.8 cm³/mol. The highest BCUT2D eigenvalue weighted by atomic mass is 19.3. The van der Waals surface area contributed by atoms with Crippen LogP contribution in [0.25, 0.3) is 0 Å². The van der Waals surface area contributed by atoms with Crippen LogP contribution in [0.5, 0.6) is 0 Å². The summed E-state index contributed by atoms with van der Waals surface area (Å²) in [5.41, 5.74) is 4.04. The number of nitrogen functional groups attached to an aromatic ring is 1. The number of rotatable bonds is 2. The first kappa shape index (κ1) is 11.9. The van der Waals surface area contributed by atoms with Gasteiger partial charge < -0.3 is 10.8 Å². The Kier molecular flexibility index (Phi) is 2.74. The second-order valence-electron chi connectivity index (χ2n) is 4.27. The Bertz CT molecular complexity index is 349. The molecule has 15 heavy (non-hydrogen) atoms. The minimum Gasteiger partial charge on any atom is -0.399 e. The molecular formula is C11H15F2NO. The Morgan fingerprint density at radius 2 is 1.73 bits per heavy atom. The molecule has 0 aromatic heterocycles. The molecule has 0 unspecified atom stereocenters. The Balaban J connectivity index is 3.27. The first-order chi connectivity index (χ1) is 6.64. The van der Waals surface area contributed by atoms with Gasteiger partial charge in [0.05, 0.1) is 0 Å². The third-order valence-corrected chi connectivity index (χ3v) is 2.23. The fourth-order valence-electron chi connectivity index (χ4n) is 1.35. The second kappa shape index (κ2) is 3.45. The van der Waals surface area contributed by atoms with Crippen LogP contribution >= 0.6 is 0 Å². The van der Waals surface area contributed by atoms with Crippen molar-refractivity contribution in [2.75, 3.05) is 5.73 Å². The molecule has 1 rings (SSSR count). The molecule has 0 atom stereocenters. The molecule has 0 bridgehead atoms. The van der Waals surface area contributed by atoms with Crippen LogP contribution in [0.4, 0.5) is 14.5 Å². The molecule has 1 aromatic carbocycles. The van der Waals surface area contributed by atoms with Gasteiger partial charge in [0.15, 0.2) is 0 Å². The number of aryl methyl sites for hydroxylation is 1. The standard InChI is InChI=1S/C11H15F2NO/c1-7-4-8(6-9(14)5-7)11(12,13)10(2,3)15/h4-6,15H,14H2,1-3H3. The molecule has 0 fully saturated rings. The Morgan fingerprint density at radius 1 is 1.20 bits per heavy atom. The summed E-state index contributed by atoms with van der Waals surface area (Å²) in [4.78, 5) is 0. The quantitative estimate of drug-likeness (QED) is 0.744. The van der Waals surface area contributed by atoms with Crippen molar-refractivity contribution in [3.63, 3.8) is 0 Å². The van der Waals surface area contributed by atoms with Crippen molar-refractivity contribution in [1.29, 1.82) is 0 Å². The largest absolute Gasteiger partial charge is 0.399 e. The first-order valence-corrected chi connectivity index (χ1v) is 4.62. The zero-order chi connectivity index (χ0) is 11.9. The highest BCUT2D eigenvalue weighted by Crippen LogP contribution is 2.39. The summed E-state index contributed by atoms with van der Waals surface area (Å²) in [7, 11) is 0. The van der Waals surface area contributed by atoms with Gasteiger partial charge in [0.2, 0.25) is 0 Å². The molecule has 0 aliphatic carbocycles. The van der Waals surface area contributed by atoms with Gasteiger partial charge in [-0.3, -0.25) is 0 Å². The van der Waals surface area contributed by atoms with Gasteiger partial charge in [-0.2, -0.15) is 8.78 Å². The maximum atomic E-state index is 13.7. The molecule has 2 nitrogen and oxygen atoms in total. The lowest BCUT2D eigenvalue weighted by molar-refractivity contribution is -0.168. The number of alkyl halides is 2. The molecule has 1 aromatic rings. The van der Waals surface area contributed by atoms with E-state index in [0.29, 0.717) is 5.56 Å². The van der Waals surface area contributed by atoms with E-state index < -0.39 is 11.5 Å². The number of halogens is 2. The Hall–Kier alpha value is -1.16. The van der Waals surface area contributed by atoms with Crippen molar-refractivity contribution in [2.24, 2.45) is 0 Å². The van der Waals surface area contributed by atoms with E-state index in [0.717, 1.165) is 13.8 Å². The van der Waals surface area contributed by atoms with Gasteiger partial charge >= 0.3 is 5.92 Å². The minimum atomic E-state index is -3.31. The minimum absolute atomic E-state index is 0.257. The zero-order valence-corrected chi connectivity index (χ0v) is 9.01. The van der Waals surface area contributed by atoms with Crippen LogP contribution < -0.4 is 5.73 Å². The highest BCUT2D eigenvalue weighted by molar-refractivity contribution is 5.46. The zero-order valence-electron chi connectivity index (χ0n) is 9.01. The predicted octanol–water partition coefficient (Wildman–Crippen LogP) is 2.44. The number of benzene rings is 1. The van der Waals surface area contributed by atoms with E-state index in [1.54, 1.807) is 13.0 Å². The average molecular weight is 215 g/mol. The fourth-order valence-corrected chi connectivity index (χ4v) is 1.35. The molecule has 4 heteroatoms. The lowest BCUT2D eigenvalue weighted by Crippen LogP contribution is -2.40. The van der Waals surface area contributed by atoms with Gasteiger partial charge in [0.25, 0.3) is 0 Å². The lowest BCUT2D eigenvalue weighted by Gasteiger charge is -2.29. The highest BCUT2D eigenvalue weighted by Gasteiger charge is 2.47. The number of nitrogens with two attached hydrogens (primary N) is 1. The number of anilines is 1. The van der Waals surface area contributed by atoms with Crippen LogP contribution in [0.1, 0.15) is 25.0 Å². The van der Waals surface area contributed by atoms with E-state index in [4.69, 9.17) is 5.73 Å². The van der Waals surface area contributed by atoms with Crippen LogP contribution in [-0.4, -0.2) is 10.7 Å². The van der Waals surface area contributed by atoms with E-state index in [1.807, 2.05) is 0 Å². The van der Waals surface area contributed by atoms with Gasteiger partial charge in [0, 0.05) is 11.3 Å². The normalized spacial score (nSPS) is 12.9. The number of hydrogen-bond donors (Lipinski definition) is 2. The van der Waals surface area contributed by atoms with E-state index in [1.165, 1.54) is 12.1 Å². The van der Waals surface area contributed by atoms with E-state index in [2.05, 4.69) is 0 Å². The molecule has 0 spiro atoms. The molecule has 3 N–H and O–H groups in total. The van der Waals surface area contributed by atoms with Crippen molar-refractivity contribution in [2.45, 2.75) is 32.3 Å². The first-order valence-electron chi connectivity index (χ1n) is 4.62. The molecule has 0 aliphatic heterocycles. The average Bonchev–Trinajstić information content (AvgIpc) is 1.99. The maximum Gasteiger partial charge on any atom is 0.300 e. The molecular weight excluding hydrogens is 200 g/mol. The summed E-state index contributed by atoms with van der Waals surface area (Å²) < 4.78 is 27.4. The van der Waals surface area contributed by atoms with Gasteiger partial charge in [-0.05, 0) is 44.5 Å². The summed E-state index contributed by atoms with van der Waals surface area (Å²) in [6, 6.07) is 4.11. The fraction of sp³-hybridized carbons (Fsp3) is 0.455. The topological polar surface area (TPSA) is 46.2 Å². The van der Waals surface area contributed by atoms with Crippen molar-refractivity contribution >= 4 is 5.69 Å². The Labute approximate surface area is 87.7 Å². The maximum absolute atomic E-state index is 13.7. The number of aliphatic hydroxyl groups is 1. The van der Waals surface area contributed by atoms with E-state index >= 15 is 0 Å². The Morgan fingerprint density at radius 3 is 2.13 bits per heavy atom.